The molecular formula is C53H68ClN9O8S. The summed E-state index contributed by atoms with van der Waals surface area (Å²) in [6, 6.07) is 15.8. The molecule has 1 aliphatic carbocycles. The Labute approximate surface area is 431 Å². The molecule has 7 rings (SSSR count). The number of hydrogen-bond donors (Lipinski definition) is 5. The summed E-state index contributed by atoms with van der Waals surface area (Å²) in [6.07, 6.45) is 0.488. The van der Waals surface area contributed by atoms with Crippen molar-refractivity contribution in [2.75, 3.05) is 57.4 Å². The van der Waals surface area contributed by atoms with E-state index in [9.17, 15) is 34.7 Å². The summed E-state index contributed by atoms with van der Waals surface area (Å²) in [4.78, 5) is 70.4. The fourth-order valence-corrected chi connectivity index (χ4v) is 11.7. The van der Waals surface area contributed by atoms with Crippen LogP contribution < -0.4 is 25.6 Å². The highest BCUT2D eigenvalue weighted by Crippen LogP contribution is 2.55. The average molecular weight is 1030 g/mol. The zero-order valence-corrected chi connectivity index (χ0v) is 44.1. The maximum atomic E-state index is 14.2. The van der Waals surface area contributed by atoms with E-state index in [0.717, 1.165) is 21.7 Å². The van der Waals surface area contributed by atoms with Crippen LogP contribution in [0.2, 0.25) is 5.02 Å². The number of ether oxygens (including phenoxy) is 2. The number of aromatic nitrogens is 2. The summed E-state index contributed by atoms with van der Waals surface area (Å²) in [5.74, 6) is -0.365. The number of nitrogens with one attached hydrogen (secondary N) is 3. The second kappa shape index (κ2) is 22.2. The van der Waals surface area contributed by atoms with Crippen molar-refractivity contribution in [1.82, 2.24) is 35.7 Å². The zero-order valence-electron chi connectivity index (χ0n) is 42.6. The van der Waals surface area contributed by atoms with Crippen LogP contribution in [0.15, 0.2) is 66.3 Å². The summed E-state index contributed by atoms with van der Waals surface area (Å²) >= 11 is 7.82. The third-order valence-electron chi connectivity index (χ3n) is 14.4. The Morgan fingerprint density at radius 3 is 2.33 bits per heavy atom. The van der Waals surface area contributed by atoms with E-state index in [-0.39, 0.29) is 68.8 Å². The third kappa shape index (κ3) is 11.9. The van der Waals surface area contributed by atoms with Crippen molar-refractivity contribution < 1.29 is 38.9 Å². The molecule has 3 aliphatic rings. The lowest BCUT2D eigenvalue weighted by atomic mass is 9.49. The van der Waals surface area contributed by atoms with E-state index in [4.69, 9.17) is 21.1 Å². The maximum Gasteiger partial charge on any atom is 0.253 e. The number of thiazole rings is 1. The Morgan fingerprint density at radius 1 is 1.00 bits per heavy atom. The maximum absolute atomic E-state index is 14.2. The van der Waals surface area contributed by atoms with Gasteiger partial charge in [0.1, 0.15) is 42.4 Å². The van der Waals surface area contributed by atoms with Crippen LogP contribution in [0.3, 0.4) is 0 Å². The summed E-state index contributed by atoms with van der Waals surface area (Å²) in [5.41, 5.74) is 3.88. The molecule has 2 saturated heterocycles. The standard InChI is InChI=1S/C53H68ClN9O8S/c1-31(33-10-12-34(13-11-33)44-32(2)57-30-72-44)58-47(68)41-22-38(65)27-63(41)48(69)45(51(3,4)5)59-43(66)29-70-21-20-61-18-19-62(26-37(61)28-64)42-17-15-36(25-56-42)46(67)60-49-52(6,7)50(53(49,8)9)71-39-16-14-35(24-55)40(54)23-39/h10-17,23,25,30-31,37-38,41,45,49-50,64-65H,18-22,26-29H2,1-9H3,(H,58,68)(H,59,66)(H,60,67)/t31-,37-,38+,41-,45+,49?,50?/m0/s1. The second-order valence-electron chi connectivity index (χ2n) is 21.5. The third-order valence-corrected chi connectivity index (χ3v) is 15.7. The Morgan fingerprint density at radius 2 is 1.72 bits per heavy atom. The monoisotopic (exact) mass is 1030 g/mol. The van der Waals surface area contributed by atoms with Crippen molar-refractivity contribution in [2.24, 2.45) is 16.2 Å². The van der Waals surface area contributed by atoms with Gasteiger partial charge in [0.05, 0.1) is 63.6 Å². The Balaban J connectivity index is 0.859. The number of hydrogen-bond acceptors (Lipinski definition) is 14. The highest BCUT2D eigenvalue weighted by atomic mass is 35.5. The number of pyridine rings is 1. The number of β-amino-alcohol motifs (C(OH)–C–C–N with tert-alkyl or cyclic N) is 1. The number of piperazine rings is 1. The molecule has 386 valence electrons. The molecule has 72 heavy (non-hydrogen) atoms. The molecule has 5 atom stereocenters. The highest BCUT2D eigenvalue weighted by molar-refractivity contribution is 7.13. The molecule has 2 aliphatic heterocycles. The molecule has 4 amide bonds. The molecule has 17 nitrogen and oxygen atoms in total. The van der Waals surface area contributed by atoms with Crippen LogP contribution in [0.5, 0.6) is 5.75 Å². The van der Waals surface area contributed by atoms with Crippen LogP contribution in [0.25, 0.3) is 10.4 Å². The average Bonchev–Trinajstić information content (AvgIpc) is 3.97. The van der Waals surface area contributed by atoms with Crippen molar-refractivity contribution in [3.05, 3.63) is 93.7 Å². The number of carbonyl (C=O) groups excluding carboxylic acids is 4. The van der Waals surface area contributed by atoms with Crippen LogP contribution in [0.1, 0.15) is 95.0 Å². The van der Waals surface area contributed by atoms with Gasteiger partial charge in [-0.15, -0.1) is 11.3 Å². The van der Waals surface area contributed by atoms with Crippen molar-refractivity contribution in [3.63, 3.8) is 0 Å². The number of benzene rings is 2. The predicted octanol–water partition coefficient (Wildman–Crippen LogP) is 5.52. The first-order chi connectivity index (χ1) is 34.0. The normalized spacial score (nSPS) is 22.5. The fourth-order valence-electron chi connectivity index (χ4n) is 10.7. The van der Waals surface area contributed by atoms with Crippen LogP contribution in [0.4, 0.5) is 5.82 Å². The molecule has 0 bridgehead atoms. The van der Waals surface area contributed by atoms with Gasteiger partial charge in [-0.2, -0.15) is 5.26 Å². The van der Waals surface area contributed by atoms with Gasteiger partial charge in [-0.05, 0) is 54.7 Å². The topological polar surface area (TPSA) is 223 Å². The Kier molecular flexibility index (Phi) is 16.7. The minimum atomic E-state index is -1.00. The molecule has 19 heteroatoms. The zero-order chi connectivity index (χ0) is 52.3. The molecule has 4 aromatic rings. The van der Waals surface area contributed by atoms with Crippen LogP contribution >= 0.6 is 22.9 Å². The number of rotatable bonds is 17. The van der Waals surface area contributed by atoms with Crippen molar-refractivity contribution in [3.8, 4) is 22.3 Å². The molecular weight excluding hydrogens is 958 g/mol. The lowest BCUT2D eigenvalue weighted by molar-refractivity contribution is -0.164. The number of halogens is 1. The number of aliphatic hydroxyl groups is 2. The smallest absolute Gasteiger partial charge is 0.253 e. The Bertz CT molecular complexity index is 2620. The van der Waals surface area contributed by atoms with Gasteiger partial charge >= 0.3 is 0 Å². The van der Waals surface area contributed by atoms with Crippen LogP contribution in [0, 0.1) is 34.5 Å². The van der Waals surface area contributed by atoms with Gasteiger partial charge in [0.25, 0.3) is 5.91 Å². The van der Waals surface area contributed by atoms with E-state index in [0.29, 0.717) is 53.9 Å². The summed E-state index contributed by atoms with van der Waals surface area (Å²) in [7, 11) is 0. The van der Waals surface area contributed by atoms with E-state index in [2.05, 4.69) is 41.8 Å². The first kappa shape index (κ1) is 54.1. The van der Waals surface area contributed by atoms with E-state index >= 15 is 0 Å². The van der Waals surface area contributed by atoms with Gasteiger partial charge < -0.3 is 45.4 Å². The number of aliphatic hydroxyl groups excluding tert-OH is 2. The minimum Gasteiger partial charge on any atom is -0.489 e. The van der Waals surface area contributed by atoms with Gasteiger partial charge in [-0.3, -0.25) is 24.1 Å². The van der Waals surface area contributed by atoms with E-state index in [1.54, 1.807) is 41.8 Å². The van der Waals surface area contributed by atoms with Gasteiger partial charge in [-0.25, -0.2) is 9.97 Å². The van der Waals surface area contributed by atoms with Crippen molar-refractivity contribution in [1.29, 1.82) is 5.26 Å². The minimum absolute atomic E-state index is 0.0408. The van der Waals surface area contributed by atoms with Gasteiger partial charge in [-0.1, -0.05) is 84.3 Å². The highest BCUT2D eigenvalue weighted by Gasteiger charge is 2.64. The summed E-state index contributed by atoms with van der Waals surface area (Å²) < 4.78 is 12.2. The molecule has 4 heterocycles. The van der Waals surface area contributed by atoms with E-state index in [1.165, 1.54) is 4.90 Å². The van der Waals surface area contributed by atoms with E-state index < -0.39 is 46.2 Å². The summed E-state index contributed by atoms with van der Waals surface area (Å²) in [6.45, 7) is 19.3. The summed E-state index contributed by atoms with van der Waals surface area (Å²) in [5, 5.41) is 39.7. The first-order valence-corrected chi connectivity index (χ1v) is 25.7. The number of aryl methyl sites for hydroxylation is 1. The lowest BCUT2D eigenvalue weighted by Crippen LogP contribution is -2.74. The molecule has 5 N–H and O–H groups in total. The molecule has 0 spiro atoms. The first-order valence-electron chi connectivity index (χ1n) is 24.4. The molecule has 0 unspecified atom stereocenters. The lowest BCUT2D eigenvalue weighted by Gasteiger charge is -2.63. The van der Waals surface area contributed by atoms with Crippen molar-refractivity contribution >= 4 is 52.4 Å². The molecule has 1 saturated carbocycles. The molecule has 3 fully saturated rings. The fraction of sp³-hybridized carbons (Fsp3) is 0.528. The molecule has 0 radical (unpaired) electrons. The number of likely N-dealkylation sites (tertiary alicyclic amines) is 1. The van der Waals surface area contributed by atoms with Crippen LogP contribution in [-0.4, -0.2) is 143 Å². The van der Waals surface area contributed by atoms with Gasteiger partial charge in [0, 0.05) is 68.3 Å². The quantitative estimate of drug-likeness (QED) is 0.0824. The van der Waals surface area contributed by atoms with Crippen LogP contribution in [-0.2, 0) is 19.1 Å². The Hall–Kier alpha value is -5.68. The van der Waals surface area contributed by atoms with Gasteiger partial charge in [0.15, 0.2) is 0 Å². The number of amides is 4. The number of nitriles is 1. The largest absolute Gasteiger partial charge is 0.489 e. The number of carbonyl (C=O) groups is 4. The van der Waals surface area contributed by atoms with E-state index in [1.807, 2.05) is 98.2 Å². The SMILES string of the molecule is Cc1ncsc1-c1ccc([C@H](C)NC(=O)[C@@H]2C[C@@H](O)CN2C(=O)[C@@H](NC(=O)COCCN2CCN(c3ccc(C(=O)NC4C(C)(C)C(Oc5ccc(C#N)c(Cl)c5)C4(C)C)cn3)C[C@H]2CO)C(C)(C)C)cc1. The molecule has 2 aromatic heterocycles. The van der Waals surface area contributed by atoms with Crippen molar-refractivity contribution in [2.45, 2.75) is 111 Å². The second-order valence-corrected chi connectivity index (χ2v) is 22.7. The van der Waals surface area contributed by atoms with Gasteiger partial charge in [0.2, 0.25) is 17.7 Å². The molecule has 2 aromatic carbocycles. The number of nitrogens with zero attached hydrogens (tertiary/aromatic N) is 6. The number of anilines is 1. The predicted molar refractivity (Wildman–Crippen MR) is 275 cm³/mol.